The summed E-state index contributed by atoms with van der Waals surface area (Å²) in [5, 5.41) is 11.0. The zero-order chi connectivity index (χ0) is 24.9. The number of nitrogens with zero attached hydrogens (tertiary/aromatic N) is 2. The molecule has 0 aromatic heterocycles. The van der Waals surface area contributed by atoms with Crippen molar-refractivity contribution in [2.24, 2.45) is 0 Å². The minimum absolute atomic E-state index is 0.0342. The number of aliphatic hydroxyl groups is 1. The highest BCUT2D eigenvalue weighted by Crippen LogP contribution is 2.32. The number of sulfonamides is 2. The van der Waals surface area contributed by atoms with Crippen molar-refractivity contribution in [2.45, 2.75) is 17.9 Å². The molecule has 0 saturated heterocycles. The normalized spacial score (nSPS) is 12.7. The van der Waals surface area contributed by atoms with E-state index in [1.807, 2.05) is 0 Å². The molecule has 182 valence electrons. The lowest BCUT2D eigenvalue weighted by molar-refractivity contribution is 0.193. The summed E-state index contributed by atoms with van der Waals surface area (Å²) in [7, 11) is -6.43. The van der Waals surface area contributed by atoms with Crippen molar-refractivity contribution in [3.05, 3.63) is 84.4 Å². The fraction of sp³-hybridized carbons (Fsp3) is 0.250. The molecule has 0 fully saturated rings. The SMILES string of the molecule is COc1ccccc1N(C[C@@H](O)CN(c1ccccc1C)S(C)(=O)=O)S(=O)(=O)c1ccccc1. The molecule has 0 aliphatic heterocycles. The Hall–Kier alpha value is -3.08. The number of rotatable bonds is 10. The molecule has 0 unspecified atom stereocenters. The predicted molar refractivity (Wildman–Crippen MR) is 133 cm³/mol. The van der Waals surface area contributed by atoms with Crippen molar-refractivity contribution in [3.63, 3.8) is 0 Å². The van der Waals surface area contributed by atoms with Crippen molar-refractivity contribution < 1.29 is 26.7 Å². The molecule has 0 radical (unpaired) electrons. The monoisotopic (exact) mass is 504 g/mol. The Balaban J connectivity index is 2.02. The molecule has 3 aromatic carbocycles. The second kappa shape index (κ2) is 10.5. The third-order valence-electron chi connectivity index (χ3n) is 5.22. The number of aliphatic hydroxyl groups excluding tert-OH is 1. The lowest BCUT2D eigenvalue weighted by atomic mass is 10.2. The number of hydrogen-bond acceptors (Lipinski definition) is 6. The van der Waals surface area contributed by atoms with Gasteiger partial charge in [0.05, 0.1) is 48.8 Å². The zero-order valence-corrected chi connectivity index (χ0v) is 20.8. The average Bonchev–Trinajstić information content (AvgIpc) is 2.81. The molecular weight excluding hydrogens is 476 g/mol. The van der Waals surface area contributed by atoms with E-state index in [0.29, 0.717) is 17.0 Å². The van der Waals surface area contributed by atoms with Gasteiger partial charge in [-0.3, -0.25) is 8.61 Å². The highest BCUT2D eigenvalue weighted by molar-refractivity contribution is 7.93. The first-order valence-corrected chi connectivity index (χ1v) is 13.8. The molecule has 0 heterocycles. The molecule has 34 heavy (non-hydrogen) atoms. The van der Waals surface area contributed by atoms with Gasteiger partial charge < -0.3 is 9.84 Å². The molecule has 0 spiro atoms. The maximum Gasteiger partial charge on any atom is 0.264 e. The van der Waals surface area contributed by atoms with Crippen LogP contribution >= 0.6 is 0 Å². The Morgan fingerprint density at radius 3 is 1.91 bits per heavy atom. The first kappa shape index (κ1) is 25.5. The van der Waals surface area contributed by atoms with Crippen LogP contribution in [-0.4, -0.2) is 54.5 Å². The van der Waals surface area contributed by atoms with E-state index in [2.05, 4.69) is 0 Å². The second-order valence-corrected chi connectivity index (χ2v) is 11.5. The summed E-state index contributed by atoms with van der Waals surface area (Å²) in [5.74, 6) is 0.299. The maximum atomic E-state index is 13.6. The third kappa shape index (κ3) is 5.69. The van der Waals surface area contributed by atoms with Gasteiger partial charge in [0.15, 0.2) is 0 Å². The van der Waals surface area contributed by atoms with Gasteiger partial charge in [0.1, 0.15) is 5.75 Å². The number of para-hydroxylation sites is 3. The Morgan fingerprint density at radius 2 is 1.32 bits per heavy atom. The van der Waals surface area contributed by atoms with Crippen molar-refractivity contribution in [1.29, 1.82) is 0 Å². The smallest absolute Gasteiger partial charge is 0.264 e. The molecule has 0 bridgehead atoms. The Kier molecular flexibility index (Phi) is 7.86. The van der Waals surface area contributed by atoms with E-state index in [-0.39, 0.29) is 17.1 Å². The van der Waals surface area contributed by atoms with Crippen LogP contribution < -0.4 is 13.3 Å². The van der Waals surface area contributed by atoms with Gasteiger partial charge in [-0.05, 0) is 42.8 Å². The number of hydrogen-bond donors (Lipinski definition) is 1. The van der Waals surface area contributed by atoms with Crippen LogP contribution in [0.3, 0.4) is 0 Å². The molecule has 0 saturated carbocycles. The molecular formula is C24H28N2O6S2. The molecule has 0 aliphatic rings. The molecule has 0 aliphatic carbocycles. The largest absolute Gasteiger partial charge is 0.495 e. The van der Waals surface area contributed by atoms with Crippen LogP contribution in [0.15, 0.2) is 83.8 Å². The fourth-order valence-electron chi connectivity index (χ4n) is 3.58. The lowest BCUT2D eigenvalue weighted by Gasteiger charge is -2.31. The molecule has 3 aromatic rings. The minimum atomic E-state index is -4.10. The quantitative estimate of drug-likeness (QED) is 0.455. The van der Waals surface area contributed by atoms with E-state index in [1.165, 1.54) is 19.2 Å². The molecule has 1 N–H and O–H groups in total. The first-order chi connectivity index (χ1) is 16.1. The van der Waals surface area contributed by atoms with E-state index in [0.717, 1.165) is 14.9 Å². The Bertz CT molecular complexity index is 1330. The number of benzene rings is 3. The topological polar surface area (TPSA) is 104 Å². The number of anilines is 2. The van der Waals surface area contributed by atoms with E-state index < -0.39 is 32.7 Å². The van der Waals surface area contributed by atoms with Crippen LogP contribution in [0.1, 0.15) is 5.56 Å². The van der Waals surface area contributed by atoms with Crippen LogP contribution in [0.25, 0.3) is 0 Å². The zero-order valence-electron chi connectivity index (χ0n) is 19.2. The number of aryl methyl sites for hydroxylation is 1. The first-order valence-electron chi connectivity index (χ1n) is 10.5. The lowest BCUT2D eigenvalue weighted by Crippen LogP contribution is -2.44. The average molecular weight is 505 g/mol. The van der Waals surface area contributed by atoms with E-state index in [9.17, 15) is 21.9 Å². The van der Waals surface area contributed by atoms with Crippen molar-refractivity contribution in [3.8, 4) is 5.75 Å². The minimum Gasteiger partial charge on any atom is -0.495 e. The van der Waals surface area contributed by atoms with Crippen LogP contribution in [0.2, 0.25) is 0 Å². The summed E-state index contributed by atoms with van der Waals surface area (Å²) in [5.41, 5.74) is 1.35. The van der Waals surface area contributed by atoms with Crippen LogP contribution in [0.5, 0.6) is 5.75 Å². The Morgan fingerprint density at radius 1 is 0.794 bits per heavy atom. The second-order valence-electron chi connectivity index (χ2n) is 7.76. The van der Waals surface area contributed by atoms with E-state index in [4.69, 9.17) is 4.74 Å². The summed E-state index contributed by atoms with van der Waals surface area (Å²) in [6.45, 7) is 1.04. The van der Waals surface area contributed by atoms with Gasteiger partial charge in [0.2, 0.25) is 10.0 Å². The molecule has 3 rings (SSSR count). The molecule has 8 nitrogen and oxygen atoms in total. The van der Waals surface area contributed by atoms with Crippen LogP contribution in [0, 0.1) is 6.92 Å². The van der Waals surface area contributed by atoms with Crippen LogP contribution in [0.4, 0.5) is 11.4 Å². The van der Waals surface area contributed by atoms with Gasteiger partial charge in [-0.2, -0.15) is 0 Å². The summed E-state index contributed by atoms with van der Waals surface area (Å²) in [6, 6.07) is 21.3. The third-order valence-corrected chi connectivity index (χ3v) is 8.16. The maximum absolute atomic E-state index is 13.6. The van der Waals surface area contributed by atoms with Gasteiger partial charge in [-0.25, -0.2) is 16.8 Å². The summed E-state index contributed by atoms with van der Waals surface area (Å²) in [4.78, 5) is 0.0342. The highest BCUT2D eigenvalue weighted by atomic mass is 32.2. The van der Waals surface area contributed by atoms with Crippen molar-refractivity contribution >= 4 is 31.4 Å². The number of ether oxygens (including phenoxy) is 1. The van der Waals surface area contributed by atoms with E-state index >= 15 is 0 Å². The standard InChI is InChI=1S/C24H28N2O6S2/c1-19-11-7-8-14-22(19)25(33(3,28)29)17-20(27)18-26(23-15-9-10-16-24(23)32-2)34(30,31)21-12-5-4-6-13-21/h4-16,20,27H,17-18H2,1-3H3/t20-/m0/s1. The van der Waals surface area contributed by atoms with E-state index in [1.54, 1.807) is 73.7 Å². The van der Waals surface area contributed by atoms with Crippen LogP contribution in [-0.2, 0) is 20.0 Å². The molecule has 0 amide bonds. The van der Waals surface area contributed by atoms with Gasteiger partial charge in [-0.15, -0.1) is 0 Å². The summed E-state index contributed by atoms with van der Waals surface area (Å²) >= 11 is 0. The van der Waals surface area contributed by atoms with Crippen molar-refractivity contribution in [1.82, 2.24) is 0 Å². The van der Waals surface area contributed by atoms with Gasteiger partial charge in [0, 0.05) is 0 Å². The highest BCUT2D eigenvalue weighted by Gasteiger charge is 2.31. The van der Waals surface area contributed by atoms with Gasteiger partial charge in [0.25, 0.3) is 10.0 Å². The fourth-order valence-corrected chi connectivity index (χ4v) is 6.12. The predicted octanol–water partition coefficient (Wildman–Crippen LogP) is 3.03. The molecule has 1 atom stereocenters. The number of methoxy groups -OCH3 is 1. The van der Waals surface area contributed by atoms with Gasteiger partial charge in [-0.1, -0.05) is 48.5 Å². The Labute approximate surface area is 201 Å². The summed E-state index contributed by atoms with van der Waals surface area (Å²) in [6.07, 6.45) is -0.303. The van der Waals surface area contributed by atoms with Gasteiger partial charge >= 0.3 is 0 Å². The van der Waals surface area contributed by atoms with Crippen molar-refractivity contribution in [2.75, 3.05) is 35.1 Å². The molecule has 10 heteroatoms. The summed E-state index contributed by atoms with van der Waals surface area (Å²) < 4.78 is 59.8.